The standard InChI is InChI=1S/C21H25N3O6/c1-30-18(26)23-16-8-3-2-7-15(16)19(17(23)25)11-20(24(28)29)13-22-9-5-4-6-14(22)10-21(20,27)12-19/h2-3,7-8,14,27H,4-6,9-13H2,1H3/t14-,19-,20+,21+/m0/s1. The molecule has 30 heavy (non-hydrogen) atoms. The lowest BCUT2D eigenvalue weighted by Gasteiger charge is -2.49. The second-order valence-electron chi connectivity index (χ2n) is 9.21. The summed E-state index contributed by atoms with van der Waals surface area (Å²) in [5, 5.41) is 24.2. The third-order valence-electron chi connectivity index (χ3n) is 7.82. The summed E-state index contributed by atoms with van der Waals surface area (Å²) >= 11 is 0. The molecule has 9 heteroatoms. The van der Waals surface area contributed by atoms with Crippen molar-refractivity contribution in [2.75, 3.05) is 25.1 Å². The molecule has 4 aliphatic rings. The van der Waals surface area contributed by atoms with E-state index >= 15 is 0 Å². The largest absolute Gasteiger partial charge is 0.452 e. The van der Waals surface area contributed by atoms with Crippen molar-refractivity contribution >= 4 is 17.7 Å². The molecule has 1 aromatic rings. The molecule has 1 spiro atoms. The summed E-state index contributed by atoms with van der Waals surface area (Å²) in [4.78, 5) is 41.2. The van der Waals surface area contributed by atoms with Crippen LogP contribution in [0.15, 0.2) is 24.3 Å². The molecule has 0 radical (unpaired) electrons. The highest BCUT2D eigenvalue weighted by Gasteiger charge is 2.77. The molecular formula is C21H25N3O6. The molecule has 160 valence electrons. The van der Waals surface area contributed by atoms with Gasteiger partial charge >= 0.3 is 6.09 Å². The maximum atomic E-state index is 13.6. The minimum Gasteiger partial charge on any atom is -0.452 e. The summed E-state index contributed by atoms with van der Waals surface area (Å²) in [5.74, 6) is -0.544. The number of nitrogens with zero attached hydrogens (tertiary/aromatic N) is 3. The van der Waals surface area contributed by atoms with E-state index in [1.807, 2.05) is 0 Å². The van der Waals surface area contributed by atoms with Gasteiger partial charge in [-0.05, 0) is 37.4 Å². The van der Waals surface area contributed by atoms with Gasteiger partial charge in [0.1, 0.15) is 5.60 Å². The molecule has 2 amide bonds. The van der Waals surface area contributed by atoms with E-state index in [1.165, 1.54) is 7.11 Å². The Labute approximate surface area is 173 Å². The summed E-state index contributed by atoms with van der Waals surface area (Å²) in [6, 6.07) is 6.92. The summed E-state index contributed by atoms with van der Waals surface area (Å²) in [7, 11) is 1.20. The molecule has 1 N–H and O–H groups in total. The van der Waals surface area contributed by atoms with Crippen molar-refractivity contribution in [1.29, 1.82) is 0 Å². The van der Waals surface area contributed by atoms with Crippen LogP contribution in [0, 0.1) is 10.1 Å². The zero-order chi connectivity index (χ0) is 21.3. The number of para-hydroxylation sites is 1. The first-order valence-electron chi connectivity index (χ1n) is 10.4. The predicted molar refractivity (Wildman–Crippen MR) is 106 cm³/mol. The van der Waals surface area contributed by atoms with E-state index in [9.17, 15) is 24.8 Å². The van der Waals surface area contributed by atoms with Crippen LogP contribution in [0.4, 0.5) is 10.5 Å². The number of rotatable bonds is 1. The lowest BCUT2D eigenvalue weighted by Crippen LogP contribution is -2.68. The van der Waals surface area contributed by atoms with Gasteiger partial charge in [0.05, 0.1) is 24.8 Å². The molecular weight excluding hydrogens is 390 g/mol. The van der Waals surface area contributed by atoms with E-state index in [4.69, 9.17) is 4.74 Å². The molecule has 9 nitrogen and oxygen atoms in total. The third kappa shape index (κ3) is 2.24. The van der Waals surface area contributed by atoms with Crippen LogP contribution in [-0.2, 0) is 14.9 Å². The number of methoxy groups -OCH3 is 1. The van der Waals surface area contributed by atoms with Crippen molar-refractivity contribution in [2.45, 2.75) is 61.1 Å². The van der Waals surface area contributed by atoms with Crippen LogP contribution in [0.5, 0.6) is 0 Å². The highest BCUT2D eigenvalue weighted by atomic mass is 16.6. The maximum absolute atomic E-state index is 13.6. The average Bonchev–Trinajstić information content (AvgIpc) is 3.14. The third-order valence-corrected chi connectivity index (χ3v) is 7.82. The smallest absolute Gasteiger partial charge is 0.420 e. The molecule has 2 saturated heterocycles. The van der Waals surface area contributed by atoms with Crippen molar-refractivity contribution < 1.29 is 24.4 Å². The number of hydrogen-bond donors (Lipinski definition) is 1. The van der Waals surface area contributed by atoms with Gasteiger partial charge in [0.15, 0.2) is 0 Å². The monoisotopic (exact) mass is 415 g/mol. The second kappa shape index (κ2) is 6.24. The minimum atomic E-state index is -1.66. The Morgan fingerprint density at radius 2 is 2.07 bits per heavy atom. The van der Waals surface area contributed by atoms with E-state index in [0.29, 0.717) is 11.3 Å². The van der Waals surface area contributed by atoms with Crippen LogP contribution in [0.1, 0.15) is 44.1 Å². The van der Waals surface area contributed by atoms with Crippen molar-refractivity contribution in [3.63, 3.8) is 0 Å². The number of hydrogen-bond acceptors (Lipinski definition) is 7. The Morgan fingerprint density at radius 1 is 1.30 bits per heavy atom. The van der Waals surface area contributed by atoms with E-state index in [-0.39, 0.29) is 36.8 Å². The topological polar surface area (TPSA) is 113 Å². The fourth-order valence-corrected chi connectivity index (χ4v) is 6.50. The van der Waals surface area contributed by atoms with E-state index in [0.717, 1.165) is 30.7 Å². The molecule has 3 aliphatic heterocycles. The number of fused-ring (bicyclic) bond motifs is 4. The van der Waals surface area contributed by atoms with Crippen LogP contribution in [0.3, 0.4) is 0 Å². The fraction of sp³-hybridized carbons (Fsp3) is 0.619. The highest BCUT2D eigenvalue weighted by Crippen LogP contribution is 2.62. The Kier molecular flexibility index (Phi) is 4.05. The lowest BCUT2D eigenvalue weighted by atomic mass is 9.72. The SMILES string of the molecule is COC(=O)N1C(=O)[C@@]2(C[C@]3(O)C[C@@H]4CCCCN4C[C@]3([N+](=O)[O-])C2)c2ccccc21. The number of ether oxygens (including phenoxy) is 1. The Balaban J connectivity index is 1.66. The number of imide groups is 1. The first-order chi connectivity index (χ1) is 14.3. The van der Waals surface area contributed by atoms with Gasteiger partial charge in [0.25, 0.3) is 5.54 Å². The second-order valence-corrected chi connectivity index (χ2v) is 9.21. The van der Waals surface area contributed by atoms with E-state index in [1.54, 1.807) is 24.3 Å². The van der Waals surface area contributed by atoms with Crippen LogP contribution in [0.2, 0.25) is 0 Å². The highest BCUT2D eigenvalue weighted by molar-refractivity contribution is 6.21. The van der Waals surface area contributed by atoms with Crippen LogP contribution in [-0.4, -0.2) is 64.3 Å². The Hall–Kier alpha value is -2.52. The first-order valence-corrected chi connectivity index (χ1v) is 10.4. The van der Waals surface area contributed by atoms with Crippen LogP contribution < -0.4 is 4.90 Å². The number of amides is 2. The van der Waals surface area contributed by atoms with Crippen LogP contribution in [0.25, 0.3) is 0 Å². The number of piperidine rings is 2. The van der Waals surface area contributed by atoms with Gasteiger partial charge in [-0.25, -0.2) is 9.69 Å². The van der Waals surface area contributed by atoms with E-state index in [2.05, 4.69) is 4.90 Å². The molecule has 1 aromatic carbocycles. The van der Waals surface area contributed by atoms with Crippen molar-refractivity contribution in [1.82, 2.24) is 4.90 Å². The van der Waals surface area contributed by atoms with Crippen molar-refractivity contribution in [2.24, 2.45) is 0 Å². The molecule has 0 bridgehead atoms. The van der Waals surface area contributed by atoms with Crippen LogP contribution >= 0.6 is 0 Å². The lowest BCUT2D eigenvalue weighted by molar-refractivity contribution is -0.596. The van der Waals surface area contributed by atoms with E-state index < -0.39 is 28.6 Å². The molecule has 3 fully saturated rings. The summed E-state index contributed by atoms with van der Waals surface area (Å²) in [6.45, 7) is 0.888. The number of carbonyl (C=O) groups excluding carboxylic acids is 2. The predicted octanol–water partition coefficient (Wildman–Crippen LogP) is 1.84. The first kappa shape index (κ1) is 19.4. The van der Waals surface area contributed by atoms with Gasteiger partial charge in [-0.2, -0.15) is 0 Å². The van der Waals surface area contributed by atoms with Crippen molar-refractivity contribution in [3.05, 3.63) is 39.9 Å². The van der Waals surface area contributed by atoms with Gasteiger partial charge in [-0.15, -0.1) is 0 Å². The summed E-state index contributed by atoms with van der Waals surface area (Å²) in [6.07, 6.45) is 2.16. The van der Waals surface area contributed by atoms with Crippen molar-refractivity contribution in [3.8, 4) is 0 Å². The number of aliphatic hydroxyl groups is 1. The number of benzene rings is 1. The number of anilines is 1. The summed E-state index contributed by atoms with van der Waals surface area (Å²) in [5.41, 5.74) is -3.66. The Bertz CT molecular complexity index is 952. The van der Waals surface area contributed by atoms with Gasteiger partial charge in [-0.3, -0.25) is 19.8 Å². The molecule has 0 aromatic heterocycles. The quantitative estimate of drug-likeness (QED) is 0.550. The van der Waals surface area contributed by atoms with Gasteiger partial charge in [-0.1, -0.05) is 24.6 Å². The molecule has 1 aliphatic carbocycles. The summed E-state index contributed by atoms with van der Waals surface area (Å²) < 4.78 is 4.82. The minimum absolute atomic E-state index is 0.0609. The average molecular weight is 415 g/mol. The number of carbonyl (C=O) groups is 2. The Morgan fingerprint density at radius 3 is 2.80 bits per heavy atom. The zero-order valence-corrected chi connectivity index (χ0v) is 16.9. The molecule has 4 atom stereocenters. The normalized spacial score (nSPS) is 37.6. The molecule has 3 heterocycles. The fourth-order valence-electron chi connectivity index (χ4n) is 6.50. The molecule has 0 unspecified atom stereocenters. The van der Waals surface area contributed by atoms with Gasteiger partial charge in [0, 0.05) is 23.8 Å². The maximum Gasteiger partial charge on any atom is 0.420 e. The molecule has 1 saturated carbocycles. The van der Waals surface area contributed by atoms with Gasteiger partial charge in [0.2, 0.25) is 5.91 Å². The van der Waals surface area contributed by atoms with Gasteiger partial charge < -0.3 is 9.84 Å². The molecule has 5 rings (SSSR count). The zero-order valence-electron chi connectivity index (χ0n) is 16.9. The number of nitro groups is 1.